The van der Waals surface area contributed by atoms with E-state index < -0.39 is 17.8 Å². The molecule has 0 heterocycles. The van der Waals surface area contributed by atoms with Gasteiger partial charge in [-0.25, -0.2) is 4.39 Å². The van der Waals surface area contributed by atoms with Crippen molar-refractivity contribution in [1.29, 1.82) is 0 Å². The number of nitrogens with zero attached hydrogens (tertiary/aromatic N) is 1. The highest BCUT2D eigenvalue weighted by Gasteiger charge is 2.23. The summed E-state index contributed by atoms with van der Waals surface area (Å²) in [5, 5.41) is 14.3. The molecule has 104 valence electrons. The first-order chi connectivity index (χ1) is 8.86. The number of nitrogens with two attached hydrogens (primary N) is 1. The number of amides is 1. The summed E-state index contributed by atoms with van der Waals surface area (Å²) >= 11 is 5.71. The number of benzene rings is 1. The van der Waals surface area contributed by atoms with Crippen molar-refractivity contribution in [3.05, 3.63) is 34.6 Å². The Hall–Kier alpha value is -1.82. The smallest absolute Gasteiger partial charge is 0.254 e. The fraction of sp³-hybridized carbons (Fsp3) is 0.333. The Morgan fingerprint density at radius 1 is 1.53 bits per heavy atom. The number of nitrogens with one attached hydrogen (secondary N) is 1. The summed E-state index contributed by atoms with van der Waals surface area (Å²) in [6.45, 7) is 3.55. The summed E-state index contributed by atoms with van der Waals surface area (Å²) in [5.41, 5.74) is 5.29. The maximum atomic E-state index is 13.5. The first-order valence-electron chi connectivity index (χ1n) is 5.60. The minimum absolute atomic E-state index is 0.123. The van der Waals surface area contributed by atoms with Crippen molar-refractivity contribution >= 4 is 23.3 Å². The van der Waals surface area contributed by atoms with Crippen LogP contribution in [0.5, 0.6) is 0 Å². The average Bonchev–Trinajstić information content (AvgIpc) is 2.37. The van der Waals surface area contributed by atoms with Gasteiger partial charge in [-0.2, -0.15) is 0 Å². The van der Waals surface area contributed by atoms with E-state index in [0.717, 1.165) is 6.07 Å². The van der Waals surface area contributed by atoms with E-state index in [1.165, 1.54) is 12.1 Å². The van der Waals surface area contributed by atoms with Crippen LogP contribution < -0.4 is 11.1 Å². The number of hydrogen-bond donors (Lipinski definition) is 3. The van der Waals surface area contributed by atoms with E-state index in [-0.39, 0.29) is 22.3 Å². The van der Waals surface area contributed by atoms with Gasteiger partial charge in [0.05, 0.1) is 11.6 Å². The molecule has 1 amide bonds. The molecule has 5 nitrogen and oxygen atoms in total. The largest absolute Gasteiger partial charge is 0.409 e. The highest BCUT2D eigenvalue weighted by atomic mass is 35.5. The van der Waals surface area contributed by atoms with Crippen LogP contribution in [0.4, 0.5) is 4.39 Å². The predicted molar refractivity (Wildman–Crippen MR) is 70.9 cm³/mol. The van der Waals surface area contributed by atoms with Crippen molar-refractivity contribution in [1.82, 2.24) is 5.32 Å². The normalized spacial score (nSPS) is 13.4. The summed E-state index contributed by atoms with van der Waals surface area (Å²) in [6, 6.07) is 2.97. The van der Waals surface area contributed by atoms with Gasteiger partial charge in [-0.15, -0.1) is 0 Å². The second-order valence-corrected chi connectivity index (χ2v) is 4.78. The molecule has 0 aromatic heterocycles. The molecule has 0 aliphatic rings. The monoisotopic (exact) mass is 287 g/mol. The van der Waals surface area contributed by atoms with Crippen molar-refractivity contribution in [3.63, 3.8) is 0 Å². The molecule has 0 bridgehead atoms. The van der Waals surface area contributed by atoms with Crippen LogP contribution in [0.2, 0.25) is 5.02 Å². The van der Waals surface area contributed by atoms with Gasteiger partial charge >= 0.3 is 0 Å². The van der Waals surface area contributed by atoms with Crippen LogP contribution in [0.3, 0.4) is 0 Å². The lowest BCUT2D eigenvalue weighted by molar-refractivity contribution is 0.0934. The van der Waals surface area contributed by atoms with Gasteiger partial charge in [0.2, 0.25) is 0 Å². The number of carbonyl (C=O) groups excluding carboxylic acids is 1. The first kappa shape index (κ1) is 15.2. The first-order valence-corrected chi connectivity index (χ1v) is 5.98. The predicted octanol–water partition coefficient (Wildman–Crippen LogP) is 1.98. The topological polar surface area (TPSA) is 87.7 Å². The zero-order valence-electron chi connectivity index (χ0n) is 10.5. The van der Waals surface area contributed by atoms with Gasteiger partial charge in [0.25, 0.3) is 5.91 Å². The molecule has 1 aromatic carbocycles. The highest BCUT2D eigenvalue weighted by Crippen LogP contribution is 2.15. The third-order valence-corrected chi connectivity index (χ3v) is 2.80. The maximum absolute atomic E-state index is 13.5. The summed E-state index contributed by atoms with van der Waals surface area (Å²) in [4.78, 5) is 12.0. The molecule has 0 radical (unpaired) electrons. The Balaban J connectivity index is 2.97. The molecule has 7 heteroatoms. The number of halogens is 2. The summed E-state index contributed by atoms with van der Waals surface area (Å²) < 4.78 is 13.5. The molecular weight excluding hydrogens is 273 g/mol. The second-order valence-electron chi connectivity index (χ2n) is 4.34. The summed E-state index contributed by atoms with van der Waals surface area (Å²) in [5.74, 6) is -1.64. The van der Waals surface area contributed by atoms with Crippen molar-refractivity contribution in [2.45, 2.75) is 19.9 Å². The van der Waals surface area contributed by atoms with Crippen LogP contribution in [-0.2, 0) is 0 Å². The van der Waals surface area contributed by atoms with E-state index >= 15 is 0 Å². The van der Waals surface area contributed by atoms with Crippen molar-refractivity contribution in [2.24, 2.45) is 16.8 Å². The van der Waals surface area contributed by atoms with Crippen molar-refractivity contribution < 1.29 is 14.4 Å². The van der Waals surface area contributed by atoms with Gasteiger partial charge in [-0.05, 0) is 24.1 Å². The average molecular weight is 288 g/mol. The van der Waals surface area contributed by atoms with Crippen molar-refractivity contribution in [2.75, 3.05) is 0 Å². The Morgan fingerprint density at radius 2 is 2.16 bits per heavy atom. The lowest BCUT2D eigenvalue weighted by Crippen LogP contribution is -2.48. The van der Waals surface area contributed by atoms with Crippen LogP contribution in [0.15, 0.2) is 23.4 Å². The maximum Gasteiger partial charge on any atom is 0.254 e. The van der Waals surface area contributed by atoms with Gasteiger partial charge in [-0.3, -0.25) is 4.79 Å². The number of carbonyl (C=O) groups is 1. The van der Waals surface area contributed by atoms with E-state index in [4.69, 9.17) is 22.5 Å². The molecule has 1 rings (SSSR count). The van der Waals surface area contributed by atoms with Crippen molar-refractivity contribution in [3.8, 4) is 0 Å². The Morgan fingerprint density at radius 3 is 2.68 bits per heavy atom. The summed E-state index contributed by atoms with van der Waals surface area (Å²) in [7, 11) is 0. The van der Waals surface area contributed by atoms with Crippen LogP contribution in [-0.4, -0.2) is 23.0 Å². The molecule has 0 fully saturated rings. The fourth-order valence-electron chi connectivity index (χ4n) is 1.53. The molecule has 0 saturated carbocycles. The molecule has 1 unspecified atom stereocenters. The van der Waals surface area contributed by atoms with Gasteiger partial charge in [-0.1, -0.05) is 30.6 Å². The van der Waals surface area contributed by atoms with E-state index in [2.05, 4.69) is 10.5 Å². The molecule has 1 atom stereocenters. The van der Waals surface area contributed by atoms with Gasteiger partial charge in [0.1, 0.15) is 5.82 Å². The van der Waals surface area contributed by atoms with Crippen LogP contribution in [0, 0.1) is 11.7 Å². The second kappa shape index (κ2) is 6.38. The summed E-state index contributed by atoms with van der Waals surface area (Å²) in [6.07, 6.45) is 0. The van der Waals surface area contributed by atoms with Gasteiger partial charge in [0, 0.05) is 5.02 Å². The molecule has 0 aliphatic heterocycles. The van der Waals surface area contributed by atoms with Gasteiger partial charge < -0.3 is 16.3 Å². The van der Waals surface area contributed by atoms with Crippen LogP contribution in [0.25, 0.3) is 0 Å². The quantitative estimate of drug-likeness (QED) is 0.342. The minimum Gasteiger partial charge on any atom is -0.409 e. The molecule has 1 aromatic rings. The SMILES string of the molecule is CC(C)C(NC(=O)c1cc(Cl)ccc1F)C(N)=NO. The molecular formula is C12H15ClFN3O2. The Labute approximate surface area is 115 Å². The van der Waals surface area contributed by atoms with Crippen LogP contribution >= 0.6 is 11.6 Å². The number of amidine groups is 1. The van der Waals surface area contributed by atoms with E-state index in [9.17, 15) is 9.18 Å². The van der Waals surface area contributed by atoms with Gasteiger partial charge in [0.15, 0.2) is 5.84 Å². The lowest BCUT2D eigenvalue weighted by atomic mass is 10.0. The Kier molecular flexibility index (Phi) is 5.11. The molecule has 4 N–H and O–H groups in total. The minimum atomic E-state index is -0.698. The van der Waals surface area contributed by atoms with E-state index in [1.54, 1.807) is 13.8 Å². The lowest BCUT2D eigenvalue weighted by Gasteiger charge is -2.21. The highest BCUT2D eigenvalue weighted by molar-refractivity contribution is 6.31. The van der Waals surface area contributed by atoms with E-state index in [1.807, 2.05) is 0 Å². The van der Waals surface area contributed by atoms with E-state index in [0.29, 0.717) is 0 Å². The number of oxime groups is 1. The fourth-order valence-corrected chi connectivity index (χ4v) is 1.71. The number of rotatable bonds is 4. The zero-order chi connectivity index (χ0) is 14.6. The molecule has 19 heavy (non-hydrogen) atoms. The molecule has 0 saturated heterocycles. The zero-order valence-corrected chi connectivity index (χ0v) is 11.3. The third kappa shape index (κ3) is 3.82. The molecule has 0 spiro atoms. The third-order valence-electron chi connectivity index (χ3n) is 2.56. The standard InChI is InChI=1S/C12H15ClFN3O2/c1-6(2)10(11(15)17-19)16-12(18)8-5-7(13)3-4-9(8)14/h3-6,10,19H,1-2H3,(H2,15,17)(H,16,18). The molecule has 0 aliphatic carbocycles. The number of hydrogen-bond acceptors (Lipinski definition) is 3. The Bertz CT molecular complexity index is 506. The van der Waals surface area contributed by atoms with Crippen LogP contribution in [0.1, 0.15) is 24.2 Å².